The van der Waals surface area contributed by atoms with Gasteiger partial charge >= 0.3 is 0 Å². The number of nitrogens with two attached hydrogens (primary N) is 1. The van der Waals surface area contributed by atoms with Crippen molar-refractivity contribution in [3.05, 3.63) is 64.1 Å². The van der Waals surface area contributed by atoms with E-state index >= 15 is 0 Å². The smallest absolute Gasteiger partial charge is 0.262 e. The van der Waals surface area contributed by atoms with Crippen molar-refractivity contribution in [2.24, 2.45) is 14.8 Å². The number of amidine groups is 1. The number of fused-ring (bicyclic) bond motifs is 1. The minimum atomic E-state index is -0.599. The molecule has 2 aromatic rings. The molecule has 2 heterocycles. The standard InChI is InChI=1S/C23H24ClFN4O2S/c1-23(2,3)20-19(30)18(21-27-16-8-6-13(26)10-17(16)32(4)28-21)22(31)29(20)11-12-5-7-15(25)14(24)9-12/h5-10,20,30H,11,26H2,1-4H3. The van der Waals surface area contributed by atoms with E-state index in [1.54, 1.807) is 23.1 Å². The highest BCUT2D eigenvalue weighted by Crippen LogP contribution is 2.40. The van der Waals surface area contributed by atoms with Crippen LogP contribution in [0.5, 0.6) is 0 Å². The molecule has 32 heavy (non-hydrogen) atoms. The first-order valence-electron chi connectivity index (χ1n) is 10.0. The number of halogens is 2. The van der Waals surface area contributed by atoms with Gasteiger partial charge in [-0.2, -0.15) is 0 Å². The van der Waals surface area contributed by atoms with Crippen molar-refractivity contribution < 1.29 is 14.3 Å². The van der Waals surface area contributed by atoms with Gasteiger partial charge in [0.2, 0.25) is 0 Å². The number of rotatable bonds is 3. The summed E-state index contributed by atoms with van der Waals surface area (Å²) in [5.74, 6) is -0.748. The quantitative estimate of drug-likeness (QED) is 0.601. The molecular formula is C23H24ClFN4O2S. The predicted octanol–water partition coefficient (Wildman–Crippen LogP) is 5.16. The highest BCUT2D eigenvalue weighted by Gasteiger charge is 2.47. The first-order valence-corrected chi connectivity index (χ1v) is 12.0. The van der Waals surface area contributed by atoms with E-state index in [1.165, 1.54) is 12.1 Å². The molecule has 0 aromatic heterocycles. The summed E-state index contributed by atoms with van der Waals surface area (Å²) in [7, 11) is -0.580. The van der Waals surface area contributed by atoms with Crippen LogP contribution in [0.3, 0.4) is 0 Å². The van der Waals surface area contributed by atoms with Crippen molar-refractivity contribution in [2.75, 3.05) is 12.0 Å². The number of carbonyl (C=O) groups excluding carboxylic acids is 1. The Labute approximate surface area is 193 Å². The third-order valence-corrected chi connectivity index (χ3v) is 7.13. The number of carbonyl (C=O) groups is 1. The van der Waals surface area contributed by atoms with Crippen LogP contribution in [0.2, 0.25) is 5.02 Å². The number of aliphatic hydroxyl groups excluding tert-OH is 1. The third-order valence-electron chi connectivity index (χ3n) is 5.43. The number of hydrogen-bond donors (Lipinski definition) is 2. The fourth-order valence-electron chi connectivity index (χ4n) is 4.02. The molecule has 0 saturated carbocycles. The van der Waals surface area contributed by atoms with Gasteiger partial charge in [0.05, 0.1) is 16.8 Å². The van der Waals surface area contributed by atoms with Crippen LogP contribution in [0.15, 0.2) is 62.0 Å². The first kappa shape index (κ1) is 22.5. The van der Waals surface area contributed by atoms with Gasteiger partial charge < -0.3 is 15.7 Å². The van der Waals surface area contributed by atoms with Gasteiger partial charge in [-0.1, -0.05) is 49.1 Å². The maximum absolute atomic E-state index is 13.6. The maximum atomic E-state index is 13.6. The molecule has 0 fully saturated rings. The number of anilines is 1. The van der Waals surface area contributed by atoms with Gasteiger partial charge in [0.25, 0.3) is 5.91 Å². The van der Waals surface area contributed by atoms with Gasteiger partial charge in [0.15, 0.2) is 5.84 Å². The molecule has 0 radical (unpaired) electrons. The maximum Gasteiger partial charge on any atom is 0.262 e. The fraction of sp³-hybridized carbons (Fsp3) is 0.304. The van der Waals surface area contributed by atoms with Crippen LogP contribution >= 0.6 is 11.6 Å². The second-order valence-electron chi connectivity index (χ2n) is 8.94. The molecule has 0 saturated heterocycles. The second-order valence-corrected chi connectivity index (χ2v) is 10.9. The zero-order valence-corrected chi connectivity index (χ0v) is 19.8. The van der Waals surface area contributed by atoms with E-state index in [1.807, 2.05) is 33.1 Å². The summed E-state index contributed by atoms with van der Waals surface area (Å²) in [5.41, 5.74) is 7.48. The van der Waals surface area contributed by atoms with Crippen molar-refractivity contribution in [3.63, 3.8) is 0 Å². The highest BCUT2D eigenvalue weighted by molar-refractivity contribution is 7.87. The SMILES string of the molecule is CS1=NC(C2=C(O)C(C(C)(C)C)N(Cc3ccc(F)c(Cl)c3)C2=O)=Nc2ccc(N)cc21. The van der Waals surface area contributed by atoms with Gasteiger partial charge in [-0.05, 0) is 47.6 Å². The number of hydrogen-bond acceptors (Lipinski definition) is 5. The number of amides is 1. The summed E-state index contributed by atoms with van der Waals surface area (Å²) in [6, 6.07) is 9.11. The summed E-state index contributed by atoms with van der Waals surface area (Å²) in [5, 5.41) is 11.2. The molecule has 2 atom stereocenters. The molecule has 9 heteroatoms. The predicted molar refractivity (Wildman–Crippen MR) is 127 cm³/mol. The Hall–Kier alpha value is -2.71. The van der Waals surface area contributed by atoms with Crippen molar-refractivity contribution in [2.45, 2.75) is 38.3 Å². The Balaban J connectivity index is 1.77. The minimum Gasteiger partial charge on any atom is -0.509 e. The Bertz CT molecular complexity index is 1230. The molecule has 0 aliphatic carbocycles. The highest BCUT2D eigenvalue weighted by atomic mass is 35.5. The zero-order valence-electron chi connectivity index (χ0n) is 18.2. The normalized spacial score (nSPS) is 20.9. The van der Waals surface area contributed by atoms with Crippen LogP contribution in [0.25, 0.3) is 0 Å². The minimum absolute atomic E-state index is 0.0172. The fourth-order valence-corrected chi connectivity index (χ4v) is 5.43. The lowest BCUT2D eigenvalue weighted by molar-refractivity contribution is -0.129. The summed E-state index contributed by atoms with van der Waals surface area (Å²) < 4.78 is 18.2. The molecule has 2 aromatic carbocycles. The average Bonchev–Trinajstić information content (AvgIpc) is 2.95. The van der Waals surface area contributed by atoms with Crippen molar-refractivity contribution in [1.29, 1.82) is 0 Å². The molecule has 2 aliphatic rings. The summed E-state index contributed by atoms with van der Waals surface area (Å²) in [4.78, 5) is 20.6. The van der Waals surface area contributed by atoms with Crippen LogP contribution in [-0.4, -0.2) is 34.0 Å². The Morgan fingerprint density at radius 3 is 2.62 bits per heavy atom. The van der Waals surface area contributed by atoms with E-state index in [-0.39, 0.29) is 34.6 Å². The summed E-state index contributed by atoms with van der Waals surface area (Å²) >= 11 is 5.94. The van der Waals surface area contributed by atoms with Gasteiger partial charge in [-0.15, -0.1) is 0 Å². The molecule has 4 rings (SSSR count). The second kappa shape index (κ2) is 8.01. The summed E-state index contributed by atoms with van der Waals surface area (Å²) in [6.07, 6.45) is 1.92. The molecular weight excluding hydrogens is 451 g/mol. The van der Waals surface area contributed by atoms with Crippen molar-refractivity contribution in [3.8, 4) is 0 Å². The van der Waals surface area contributed by atoms with Gasteiger partial charge in [0.1, 0.15) is 17.1 Å². The molecule has 6 nitrogen and oxygen atoms in total. The topological polar surface area (TPSA) is 91.3 Å². The lowest BCUT2D eigenvalue weighted by atomic mass is 9.85. The van der Waals surface area contributed by atoms with E-state index in [2.05, 4.69) is 9.36 Å². The molecule has 168 valence electrons. The van der Waals surface area contributed by atoms with Crippen LogP contribution in [0.4, 0.5) is 15.8 Å². The largest absolute Gasteiger partial charge is 0.509 e. The van der Waals surface area contributed by atoms with E-state index in [0.29, 0.717) is 16.9 Å². The number of aliphatic imine (C=N–C) groups is 1. The van der Waals surface area contributed by atoms with Crippen LogP contribution in [0.1, 0.15) is 26.3 Å². The molecule has 2 unspecified atom stereocenters. The molecule has 3 N–H and O–H groups in total. The molecule has 2 aliphatic heterocycles. The number of nitrogen functional groups attached to an aromatic ring is 1. The Kier molecular flexibility index (Phi) is 5.63. The number of aliphatic hydroxyl groups is 1. The lowest BCUT2D eigenvalue weighted by Crippen LogP contribution is -2.43. The zero-order chi connectivity index (χ0) is 23.4. The van der Waals surface area contributed by atoms with Crippen LogP contribution in [-0.2, 0) is 22.0 Å². The van der Waals surface area contributed by atoms with Gasteiger partial charge in [-0.25, -0.2) is 13.7 Å². The molecule has 0 spiro atoms. The monoisotopic (exact) mass is 474 g/mol. The van der Waals surface area contributed by atoms with E-state index in [4.69, 9.17) is 17.3 Å². The van der Waals surface area contributed by atoms with Crippen LogP contribution in [0, 0.1) is 11.2 Å². The molecule has 0 bridgehead atoms. The third kappa shape index (κ3) is 3.93. The number of benzene rings is 2. The Morgan fingerprint density at radius 2 is 1.97 bits per heavy atom. The van der Waals surface area contributed by atoms with Crippen molar-refractivity contribution >= 4 is 45.4 Å². The van der Waals surface area contributed by atoms with E-state index in [9.17, 15) is 14.3 Å². The van der Waals surface area contributed by atoms with E-state index < -0.39 is 28.0 Å². The first-order chi connectivity index (χ1) is 15.0. The Morgan fingerprint density at radius 1 is 1.25 bits per heavy atom. The average molecular weight is 475 g/mol. The van der Waals surface area contributed by atoms with E-state index in [0.717, 1.165) is 4.90 Å². The van der Waals surface area contributed by atoms with Gasteiger partial charge in [0, 0.05) is 17.1 Å². The lowest BCUT2D eigenvalue weighted by Gasteiger charge is -2.35. The van der Waals surface area contributed by atoms with Crippen LogP contribution < -0.4 is 5.73 Å². The summed E-state index contributed by atoms with van der Waals surface area (Å²) in [6.45, 7) is 5.98. The van der Waals surface area contributed by atoms with Crippen molar-refractivity contribution in [1.82, 2.24) is 4.90 Å². The van der Waals surface area contributed by atoms with Gasteiger partial charge in [-0.3, -0.25) is 4.79 Å². The molecule has 1 amide bonds. The number of nitrogens with zero attached hydrogens (tertiary/aromatic N) is 3.